The molecule has 0 bridgehead atoms. The molecule has 3 aromatic rings. The van der Waals surface area contributed by atoms with Gasteiger partial charge in [-0.05, 0) is 52.0 Å². The molecule has 206 valence electrons. The Morgan fingerprint density at radius 1 is 1.03 bits per heavy atom. The van der Waals surface area contributed by atoms with E-state index in [1.807, 2.05) is 69.4 Å². The van der Waals surface area contributed by atoms with Gasteiger partial charge in [-0.2, -0.15) is 4.31 Å². The number of pyridine rings is 1. The Balaban J connectivity index is 2.20. The van der Waals surface area contributed by atoms with Gasteiger partial charge in [0.25, 0.3) is 5.91 Å². The molecule has 2 aromatic carbocycles. The van der Waals surface area contributed by atoms with Crippen LogP contribution in [0.3, 0.4) is 0 Å². The Morgan fingerprint density at radius 2 is 1.68 bits per heavy atom. The molecule has 0 aliphatic rings. The van der Waals surface area contributed by atoms with Gasteiger partial charge in [0.05, 0.1) is 5.75 Å². The minimum absolute atomic E-state index is 0.0699. The Kier molecular flexibility index (Phi) is 8.87. The van der Waals surface area contributed by atoms with Crippen molar-refractivity contribution in [3.8, 4) is 0 Å². The molecule has 1 atom stereocenters. The second-order valence-electron chi connectivity index (χ2n) is 11.9. The van der Waals surface area contributed by atoms with Crippen LogP contribution in [0.2, 0.25) is 18.1 Å². The molecular formula is C29H41N3O4SSi. The molecule has 0 spiro atoms. The summed E-state index contributed by atoms with van der Waals surface area (Å²) in [7, 11) is -6.79. The van der Waals surface area contributed by atoms with Crippen LogP contribution < -0.4 is 5.73 Å². The predicted octanol–water partition coefficient (Wildman–Crippen LogP) is 5.82. The van der Waals surface area contributed by atoms with Crippen LogP contribution in [-0.2, 0) is 31.5 Å². The zero-order valence-electron chi connectivity index (χ0n) is 23.6. The van der Waals surface area contributed by atoms with E-state index >= 15 is 0 Å². The molecule has 0 radical (unpaired) electrons. The normalized spacial score (nSPS) is 14.7. The third-order valence-electron chi connectivity index (χ3n) is 7.25. The highest BCUT2D eigenvalue weighted by atomic mass is 32.2. The van der Waals surface area contributed by atoms with Crippen LogP contribution in [0.15, 0.2) is 67.0 Å². The van der Waals surface area contributed by atoms with Crippen LogP contribution in [0.1, 0.15) is 52.2 Å². The second kappa shape index (κ2) is 11.3. The topological polar surface area (TPSA) is 103 Å². The summed E-state index contributed by atoms with van der Waals surface area (Å²) in [5.41, 5.74) is 5.53. The molecular weight excluding hydrogens is 514 g/mol. The van der Waals surface area contributed by atoms with Gasteiger partial charge in [-0.15, -0.1) is 0 Å². The fourth-order valence-electron chi connectivity index (χ4n) is 4.32. The van der Waals surface area contributed by atoms with Crippen LogP contribution in [0.4, 0.5) is 0 Å². The monoisotopic (exact) mass is 555 g/mol. The Hall–Kier alpha value is -2.59. The van der Waals surface area contributed by atoms with Crippen molar-refractivity contribution in [1.29, 1.82) is 0 Å². The lowest BCUT2D eigenvalue weighted by Gasteiger charge is -2.48. The van der Waals surface area contributed by atoms with Gasteiger partial charge >= 0.3 is 0 Å². The summed E-state index contributed by atoms with van der Waals surface area (Å²) >= 11 is 0. The van der Waals surface area contributed by atoms with Crippen molar-refractivity contribution < 1.29 is 17.6 Å². The van der Waals surface area contributed by atoms with E-state index in [1.165, 1.54) is 4.31 Å². The average molecular weight is 556 g/mol. The number of nitrogens with two attached hydrogens (primary N) is 1. The van der Waals surface area contributed by atoms with Crippen molar-refractivity contribution in [3.63, 3.8) is 0 Å². The summed E-state index contributed by atoms with van der Waals surface area (Å²) in [5.74, 6) is -1.17. The van der Waals surface area contributed by atoms with Crippen LogP contribution >= 0.6 is 0 Å². The van der Waals surface area contributed by atoms with Crippen molar-refractivity contribution in [1.82, 2.24) is 9.29 Å². The smallest absolute Gasteiger partial charge is 0.265 e. The van der Waals surface area contributed by atoms with Crippen molar-refractivity contribution in [2.24, 2.45) is 11.7 Å². The van der Waals surface area contributed by atoms with E-state index < -0.39 is 30.0 Å². The number of sulfonamides is 1. The first-order chi connectivity index (χ1) is 17.6. The molecule has 0 saturated heterocycles. The number of rotatable bonds is 11. The van der Waals surface area contributed by atoms with Crippen LogP contribution in [-0.4, -0.2) is 37.7 Å². The van der Waals surface area contributed by atoms with Gasteiger partial charge in [0.2, 0.25) is 15.7 Å². The van der Waals surface area contributed by atoms with Crippen LogP contribution in [0.5, 0.6) is 0 Å². The third kappa shape index (κ3) is 6.69. The summed E-state index contributed by atoms with van der Waals surface area (Å²) in [4.78, 5) is 17.6. The van der Waals surface area contributed by atoms with Gasteiger partial charge < -0.3 is 10.2 Å². The minimum atomic E-state index is -4.11. The number of hydrogen-bond donors (Lipinski definition) is 1. The molecule has 1 amide bonds. The summed E-state index contributed by atoms with van der Waals surface area (Å²) in [6.07, 6.45) is 3.36. The summed E-state index contributed by atoms with van der Waals surface area (Å²) < 4.78 is 36.7. The maximum absolute atomic E-state index is 14.3. The minimum Gasteiger partial charge on any atom is -0.391 e. The highest BCUT2D eigenvalue weighted by Gasteiger charge is 2.55. The van der Waals surface area contributed by atoms with Crippen molar-refractivity contribution >= 4 is 35.0 Å². The number of carbonyl (C=O) groups is 1. The quantitative estimate of drug-likeness (QED) is 0.237. The van der Waals surface area contributed by atoms with Gasteiger partial charge in [-0.3, -0.25) is 9.78 Å². The molecule has 3 rings (SSSR count). The molecule has 0 aliphatic heterocycles. The molecule has 1 heterocycles. The van der Waals surface area contributed by atoms with E-state index in [2.05, 4.69) is 25.8 Å². The lowest BCUT2D eigenvalue weighted by Crippen LogP contribution is -2.66. The number of amides is 1. The molecule has 0 saturated carbocycles. The maximum Gasteiger partial charge on any atom is 0.265 e. The fourth-order valence-corrected chi connectivity index (χ4v) is 7.59. The van der Waals surface area contributed by atoms with Gasteiger partial charge in [0, 0.05) is 25.4 Å². The second-order valence-corrected chi connectivity index (χ2v) is 18.5. The lowest BCUT2D eigenvalue weighted by molar-refractivity contribution is -0.150. The molecule has 0 aliphatic carbocycles. The summed E-state index contributed by atoms with van der Waals surface area (Å²) in [6.45, 7) is 13.9. The first kappa shape index (κ1) is 30.0. The average Bonchev–Trinajstić information content (AvgIpc) is 2.81. The zero-order chi connectivity index (χ0) is 28.4. The molecule has 38 heavy (non-hydrogen) atoms. The van der Waals surface area contributed by atoms with Gasteiger partial charge in [0.1, 0.15) is 0 Å². The van der Waals surface area contributed by atoms with E-state index in [1.54, 1.807) is 24.5 Å². The third-order valence-corrected chi connectivity index (χ3v) is 13.5. The van der Waals surface area contributed by atoms with Crippen LogP contribution in [0, 0.1) is 5.92 Å². The van der Waals surface area contributed by atoms with Gasteiger partial charge in [-0.25, -0.2) is 8.42 Å². The number of nitrogens with zero attached hydrogens (tertiary/aromatic N) is 2. The molecule has 9 heteroatoms. The van der Waals surface area contributed by atoms with E-state index in [-0.39, 0.29) is 29.7 Å². The number of aromatic nitrogens is 1. The van der Waals surface area contributed by atoms with E-state index in [9.17, 15) is 13.2 Å². The molecule has 0 fully saturated rings. The van der Waals surface area contributed by atoms with E-state index in [0.29, 0.717) is 11.1 Å². The number of hydrogen-bond acceptors (Lipinski definition) is 5. The van der Waals surface area contributed by atoms with E-state index in [4.69, 9.17) is 10.2 Å². The van der Waals surface area contributed by atoms with Crippen molar-refractivity contribution in [2.75, 3.05) is 0 Å². The number of benzene rings is 2. The first-order valence-corrected chi connectivity index (χ1v) is 17.5. The Morgan fingerprint density at radius 3 is 2.24 bits per heavy atom. The SMILES string of the molecule is CC(C)CC(O[Si](C)(C)C(C)(C)C)(C(N)=O)N(Cc1cccnc1)S(=O)(=O)Cc1ccc2ccccc2c1. The van der Waals surface area contributed by atoms with Gasteiger partial charge in [0.15, 0.2) is 8.32 Å². The molecule has 1 unspecified atom stereocenters. The maximum atomic E-state index is 14.3. The van der Waals surface area contributed by atoms with Crippen molar-refractivity contribution in [2.45, 2.75) is 77.2 Å². The lowest BCUT2D eigenvalue weighted by atomic mass is 9.99. The highest BCUT2D eigenvalue weighted by Crippen LogP contribution is 2.43. The Bertz CT molecular complexity index is 1370. The van der Waals surface area contributed by atoms with Crippen molar-refractivity contribution in [3.05, 3.63) is 78.1 Å². The highest BCUT2D eigenvalue weighted by molar-refractivity contribution is 7.88. The van der Waals surface area contributed by atoms with Crippen LogP contribution in [0.25, 0.3) is 10.8 Å². The number of primary amides is 1. The van der Waals surface area contributed by atoms with Gasteiger partial charge in [-0.1, -0.05) is 83.1 Å². The predicted molar refractivity (Wildman–Crippen MR) is 156 cm³/mol. The zero-order valence-corrected chi connectivity index (χ0v) is 25.4. The largest absolute Gasteiger partial charge is 0.391 e. The summed E-state index contributed by atoms with van der Waals surface area (Å²) in [5, 5.41) is 1.68. The Labute approximate surface area is 228 Å². The fraction of sp³-hybridized carbons (Fsp3) is 0.448. The number of fused-ring (bicyclic) bond motifs is 1. The van der Waals surface area contributed by atoms with E-state index in [0.717, 1.165) is 10.8 Å². The molecule has 7 nitrogen and oxygen atoms in total. The first-order valence-electron chi connectivity index (χ1n) is 12.9. The molecule has 2 N–H and O–H groups in total. The summed E-state index contributed by atoms with van der Waals surface area (Å²) in [6, 6.07) is 16.9. The molecule has 1 aromatic heterocycles. The number of carbonyl (C=O) groups excluding carboxylic acids is 1. The standard InChI is InChI=1S/C29H41N3O4SSi/c1-22(2)18-29(27(30)33,36-38(6,7)28(3,4)5)32(20-24-11-10-16-31-19-24)37(34,35)21-23-14-15-25-12-8-9-13-26(25)17-23/h8-17,19,22H,18,20-21H2,1-7H3,(H2,30,33).